The topological polar surface area (TPSA) is 79.5 Å². The Morgan fingerprint density at radius 3 is 3.06 bits per heavy atom. The molecule has 0 bridgehead atoms. The van der Waals surface area contributed by atoms with E-state index >= 15 is 0 Å². The van der Waals surface area contributed by atoms with Crippen molar-refractivity contribution in [1.29, 1.82) is 0 Å². The molecule has 1 saturated heterocycles. The Bertz CT molecular complexity index is 434. The minimum Gasteiger partial charge on any atom is -0.389 e. The summed E-state index contributed by atoms with van der Waals surface area (Å²) in [5.41, 5.74) is 6.19. The van der Waals surface area contributed by atoms with E-state index in [9.17, 15) is 9.90 Å². The maximum absolute atomic E-state index is 11.5. The number of carbonyl (C=O) groups is 1. The molecule has 0 radical (unpaired) electrons. The third-order valence-corrected chi connectivity index (χ3v) is 3.37. The third-order valence-electron chi connectivity index (χ3n) is 3.37. The van der Waals surface area contributed by atoms with E-state index < -0.39 is 6.10 Å². The van der Waals surface area contributed by atoms with Crippen molar-refractivity contribution in [3.8, 4) is 0 Å². The molecule has 2 heterocycles. The summed E-state index contributed by atoms with van der Waals surface area (Å²) in [6.45, 7) is 2.45. The second kappa shape index (κ2) is 5.35. The van der Waals surface area contributed by atoms with E-state index in [0.29, 0.717) is 5.82 Å². The van der Waals surface area contributed by atoms with Gasteiger partial charge in [-0.3, -0.25) is 4.79 Å². The SMILES string of the molecule is CC(O)c1cccnc1N1CCCCC1C(N)=O. The van der Waals surface area contributed by atoms with Crippen LogP contribution >= 0.6 is 0 Å². The molecule has 2 atom stereocenters. The largest absolute Gasteiger partial charge is 0.389 e. The van der Waals surface area contributed by atoms with Crippen molar-refractivity contribution >= 4 is 11.7 Å². The van der Waals surface area contributed by atoms with Crippen LogP contribution in [0.4, 0.5) is 5.82 Å². The Labute approximate surface area is 107 Å². The number of rotatable bonds is 3. The fourth-order valence-electron chi connectivity index (χ4n) is 2.46. The van der Waals surface area contributed by atoms with Crippen molar-refractivity contribution in [2.45, 2.75) is 38.3 Å². The zero-order chi connectivity index (χ0) is 13.1. The Kier molecular flexibility index (Phi) is 3.81. The highest BCUT2D eigenvalue weighted by atomic mass is 16.3. The van der Waals surface area contributed by atoms with Gasteiger partial charge in [-0.2, -0.15) is 0 Å². The lowest BCUT2D eigenvalue weighted by Gasteiger charge is -2.36. The Hall–Kier alpha value is -1.62. The molecule has 5 heteroatoms. The van der Waals surface area contributed by atoms with E-state index in [2.05, 4.69) is 4.98 Å². The van der Waals surface area contributed by atoms with E-state index in [1.807, 2.05) is 11.0 Å². The molecule has 0 saturated carbocycles. The lowest BCUT2D eigenvalue weighted by molar-refractivity contribution is -0.119. The molecule has 2 unspecified atom stereocenters. The van der Waals surface area contributed by atoms with E-state index in [4.69, 9.17) is 5.73 Å². The van der Waals surface area contributed by atoms with Gasteiger partial charge < -0.3 is 15.7 Å². The average Bonchev–Trinajstić information content (AvgIpc) is 2.38. The number of pyridine rings is 1. The van der Waals surface area contributed by atoms with Gasteiger partial charge in [-0.1, -0.05) is 6.07 Å². The van der Waals surface area contributed by atoms with E-state index in [1.165, 1.54) is 0 Å². The van der Waals surface area contributed by atoms with Crippen LogP contribution in [0.1, 0.15) is 37.9 Å². The first-order valence-corrected chi connectivity index (χ1v) is 6.30. The van der Waals surface area contributed by atoms with Gasteiger partial charge in [-0.15, -0.1) is 0 Å². The number of carbonyl (C=O) groups excluding carboxylic acids is 1. The van der Waals surface area contributed by atoms with Gasteiger partial charge in [-0.05, 0) is 32.3 Å². The van der Waals surface area contributed by atoms with Crippen molar-refractivity contribution in [1.82, 2.24) is 4.98 Å². The quantitative estimate of drug-likeness (QED) is 0.837. The van der Waals surface area contributed by atoms with Crippen molar-refractivity contribution in [3.63, 3.8) is 0 Å². The lowest BCUT2D eigenvalue weighted by Crippen LogP contribution is -2.48. The smallest absolute Gasteiger partial charge is 0.240 e. The normalized spacial score (nSPS) is 21.7. The molecule has 0 aromatic carbocycles. The van der Waals surface area contributed by atoms with Crippen LogP contribution in [0, 0.1) is 0 Å². The lowest BCUT2D eigenvalue weighted by atomic mass is 10.00. The number of nitrogens with two attached hydrogens (primary N) is 1. The molecule has 1 aromatic heterocycles. The van der Waals surface area contributed by atoms with Gasteiger partial charge in [-0.25, -0.2) is 4.98 Å². The van der Waals surface area contributed by atoms with Gasteiger partial charge in [0.2, 0.25) is 5.91 Å². The van der Waals surface area contributed by atoms with Crippen LogP contribution in [0.3, 0.4) is 0 Å². The van der Waals surface area contributed by atoms with Crippen molar-refractivity contribution < 1.29 is 9.90 Å². The van der Waals surface area contributed by atoms with Gasteiger partial charge >= 0.3 is 0 Å². The molecule has 1 fully saturated rings. The molecule has 0 spiro atoms. The number of amides is 1. The third kappa shape index (κ3) is 2.46. The molecule has 3 N–H and O–H groups in total. The first-order chi connectivity index (χ1) is 8.61. The molecular formula is C13H19N3O2. The molecular weight excluding hydrogens is 230 g/mol. The van der Waals surface area contributed by atoms with Gasteiger partial charge in [0.15, 0.2) is 0 Å². The number of piperidine rings is 1. The van der Waals surface area contributed by atoms with Gasteiger partial charge in [0.1, 0.15) is 11.9 Å². The van der Waals surface area contributed by atoms with Gasteiger partial charge in [0.05, 0.1) is 6.10 Å². The zero-order valence-corrected chi connectivity index (χ0v) is 10.5. The first-order valence-electron chi connectivity index (χ1n) is 6.30. The second-order valence-corrected chi connectivity index (χ2v) is 4.70. The summed E-state index contributed by atoms with van der Waals surface area (Å²) in [5.74, 6) is 0.355. The number of hydrogen-bond acceptors (Lipinski definition) is 4. The molecule has 1 aliphatic heterocycles. The Morgan fingerprint density at radius 1 is 1.61 bits per heavy atom. The zero-order valence-electron chi connectivity index (χ0n) is 10.5. The molecule has 1 aliphatic rings. The summed E-state index contributed by atoms with van der Waals surface area (Å²) in [6.07, 6.45) is 3.84. The van der Waals surface area contributed by atoms with Crippen LogP contribution < -0.4 is 10.6 Å². The number of primary amides is 1. The summed E-state index contributed by atoms with van der Waals surface area (Å²) in [4.78, 5) is 17.7. The van der Waals surface area contributed by atoms with Crippen molar-refractivity contribution in [3.05, 3.63) is 23.9 Å². The van der Waals surface area contributed by atoms with Crippen LogP contribution in [-0.4, -0.2) is 28.6 Å². The average molecular weight is 249 g/mol. The molecule has 0 aliphatic carbocycles. The highest BCUT2D eigenvalue weighted by Gasteiger charge is 2.29. The molecule has 98 valence electrons. The van der Waals surface area contributed by atoms with E-state index in [0.717, 1.165) is 31.4 Å². The summed E-state index contributed by atoms with van der Waals surface area (Å²) in [5, 5.41) is 9.78. The second-order valence-electron chi connectivity index (χ2n) is 4.70. The van der Waals surface area contributed by atoms with Crippen LogP contribution in [0.15, 0.2) is 18.3 Å². The van der Waals surface area contributed by atoms with Crippen LogP contribution in [0.25, 0.3) is 0 Å². The monoisotopic (exact) mass is 249 g/mol. The highest BCUT2D eigenvalue weighted by molar-refractivity contribution is 5.83. The number of aliphatic hydroxyl groups is 1. The van der Waals surface area contributed by atoms with Crippen molar-refractivity contribution in [2.24, 2.45) is 5.73 Å². The summed E-state index contributed by atoms with van der Waals surface area (Å²) in [7, 11) is 0. The number of aliphatic hydroxyl groups excluding tert-OH is 1. The minimum atomic E-state index is -0.607. The summed E-state index contributed by atoms with van der Waals surface area (Å²) >= 11 is 0. The van der Waals surface area contributed by atoms with Crippen molar-refractivity contribution in [2.75, 3.05) is 11.4 Å². The predicted octanol–water partition coefficient (Wildman–Crippen LogP) is 0.979. The summed E-state index contributed by atoms with van der Waals surface area (Å²) in [6, 6.07) is 3.31. The molecule has 1 amide bonds. The van der Waals surface area contributed by atoms with Gasteiger partial charge in [0, 0.05) is 18.3 Å². The maximum atomic E-state index is 11.5. The van der Waals surface area contributed by atoms with Crippen LogP contribution in [0.5, 0.6) is 0 Å². The Balaban J connectivity index is 2.36. The number of aromatic nitrogens is 1. The first kappa shape index (κ1) is 12.8. The standard InChI is InChI=1S/C13H19N3O2/c1-9(17)10-5-4-7-15-13(10)16-8-3-2-6-11(16)12(14)18/h4-5,7,9,11,17H,2-3,6,8H2,1H3,(H2,14,18). The Morgan fingerprint density at radius 2 is 2.39 bits per heavy atom. The van der Waals surface area contributed by atoms with Gasteiger partial charge in [0.25, 0.3) is 0 Å². The fourth-order valence-corrected chi connectivity index (χ4v) is 2.46. The van der Waals surface area contributed by atoms with E-state index in [1.54, 1.807) is 19.2 Å². The summed E-state index contributed by atoms with van der Waals surface area (Å²) < 4.78 is 0. The molecule has 2 rings (SSSR count). The molecule has 18 heavy (non-hydrogen) atoms. The predicted molar refractivity (Wildman–Crippen MR) is 69.1 cm³/mol. The van der Waals surface area contributed by atoms with Crippen LogP contribution in [0.2, 0.25) is 0 Å². The molecule has 1 aromatic rings. The van der Waals surface area contributed by atoms with Crippen LogP contribution in [-0.2, 0) is 4.79 Å². The molecule has 5 nitrogen and oxygen atoms in total. The minimum absolute atomic E-state index is 0.314. The number of hydrogen-bond donors (Lipinski definition) is 2. The number of nitrogens with zero attached hydrogens (tertiary/aromatic N) is 2. The fraction of sp³-hybridized carbons (Fsp3) is 0.538. The van der Waals surface area contributed by atoms with E-state index in [-0.39, 0.29) is 11.9 Å². The number of anilines is 1. The highest BCUT2D eigenvalue weighted by Crippen LogP contribution is 2.29. The maximum Gasteiger partial charge on any atom is 0.240 e.